The molecule has 1 atom stereocenters. The summed E-state index contributed by atoms with van der Waals surface area (Å²) in [5, 5.41) is 11.5. The lowest BCUT2D eigenvalue weighted by Gasteiger charge is -2.28. The maximum absolute atomic E-state index is 13.0. The fourth-order valence-electron chi connectivity index (χ4n) is 3.65. The van der Waals surface area contributed by atoms with Gasteiger partial charge in [-0.2, -0.15) is 0 Å². The van der Waals surface area contributed by atoms with Crippen molar-refractivity contribution in [3.63, 3.8) is 0 Å². The summed E-state index contributed by atoms with van der Waals surface area (Å²) in [5.74, 6) is -1.45. The molecule has 1 heterocycles. The molecule has 1 aliphatic heterocycles. The molecule has 0 aromatic heterocycles. The second kappa shape index (κ2) is 9.77. The third-order valence-corrected chi connectivity index (χ3v) is 6.18. The maximum atomic E-state index is 13.0. The molecule has 3 rings (SSSR count). The van der Waals surface area contributed by atoms with Crippen LogP contribution in [0.4, 0.5) is 0 Å². The average Bonchev–Trinajstić information content (AvgIpc) is 3.00. The van der Waals surface area contributed by atoms with Gasteiger partial charge in [-0.1, -0.05) is 53.5 Å². The van der Waals surface area contributed by atoms with Gasteiger partial charge in [-0.3, -0.25) is 9.59 Å². The van der Waals surface area contributed by atoms with Crippen LogP contribution in [0.15, 0.2) is 58.6 Å². The monoisotopic (exact) mass is 490 g/mol. The van der Waals surface area contributed by atoms with Gasteiger partial charge in [0.05, 0.1) is 11.6 Å². The number of aliphatic hydroxyl groups excluding tert-OH is 1. The number of aliphatic hydroxyl groups is 1. The lowest BCUT2D eigenvalue weighted by atomic mass is 9.95. The Hall–Kier alpha value is -2.15. The summed E-state index contributed by atoms with van der Waals surface area (Å²) in [5.41, 5.74) is 1.32. The molecule has 1 fully saturated rings. The minimum atomic E-state index is -0.671. The van der Waals surface area contributed by atoms with E-state index in [-0.39, 0.29) is 11.3 Å². The number of hydrogen-bond acceptors (Lipinski definition) is 4. The predicted octanol–water partition coefficient (Wildman–Crippen LogP) is 4.87. The first-order valence-corrected chi connectivity index (χ1v) is 11.1. The number of Topliss-reactive ketones (excluding diaryl/α,β-unsaturated/α-hetero) is 1. The van der Waals surface area contributed by atoms with Crippen molar-refractivity contribution < 1.29 is 14.7 Å². The molecule has 0 aliphatic carbocycles. The fraction of sp³-hybridized carbons (Fsp3) is 0.304. The van der Waals surface area contributed by atoms with E-state index in [1.54, 1.807) is 29.2 Å². The molecule has 30 heavy (non-hydrogen) atoms. The Labute approximate surface area is 190 Å². The van der Waals surface area contributed by atoms with Crippen molar-refractivity contribution in [2.24, 2.45) is 0 Å². The molecule has 1 amide bonds. The number of hydrogen-bond donors (Lipinski definition) is 1. The molecule has 1 aliphatic rings. The summed E-state index contributed by atoms with van der Waals surface area (Å²) in [7, 11) is 0. The zero-order valence-corrected chi connectivity index (χ0v) is 19.3. The van der Waals surface area contributed by atoms with Crippen LogP contribution in [0.3, 0.4) is 0 Å². The Morgan fingerprint density at radius 1 is 1.07 bits per heavy atom. The highest BCUT2D eigenvalue weighted by molar-refractivity contribution is 9.10. The summed E-state index contributed by atoms with van der Waals surface area (Å²) >= 11 is 9.37. The largest absolute Gasteiger partial charge is 0.507 e. The average molecular weight is 492 g/mol. The molecular formula is C23H24BrClN2O3. The van der Waals surface area contributed by atoms with Gasteiger partial charge in [-0.05, 0) is 55.1 Å². The number of likely N-dealkylation sites (N-methyl/N-ethyl adjacent to an activating group) is 1. The van der Waals surface area contributed by atoms with Crippen molar-refractivity contribution in [3.05, 3.63) is 74.7 Å². The molecule has 1 N–H and O–H groups in total. The third kappa shape index (κ3) is 4.61. The molecule has 0 radical (unpaired) electrons. The highest BCUT2D eigenvalue weighted by atomic mass is 79.9. The molecular weight excluding hydrogens is 468 g/mol. The topological polar surface area (TPSA) is 60.9 Å². The van der Waals surface area contributed by atoms with E-state index >= 15 is 0 Å². The van der Waals surface area contributed by atoms with E-state index in [1.165, 1.54) is 0 Å². The Morgan fingerprint density at radius 3 is 2.23 bits per heavy atom. The Kier molecular flexibility index (Phi) is 7.34. The number of amides is 1. The van der Waals surface area contributed by atoms with Gasteiger partial charge in [-0.15, -0.1) is 0 Å². The van der Waals surface area contributed by atoms with E-state index in [9.17, 15) is 14.7 Å². The predicted molar refractivity (Wildman–Crippen MR) is 122 cm³/mol. The first-order valence-electron chi connectivity index (χ1n) is 9.89. The molecule has 2 aromatic carbocycles. The first kappa shape index (κ1) is 22.5. The molecule has 1 saturated heterocycles. The van der Waals surface area contributed by atoms with Crippen LogP contribution in [0.1, 0.15) is 31.0 Å². The Bertz CT molecular complexity index is 953. The fourth-order valence-corrected chi connectivity index (χ4v) is 4.04. The number of halogens is 2. The molecule has 2 aromatic rings. The highest BCUT2D eigenvalue weighted by Crippen LogP contribution is 2.39. The lowest BCUT2D eigenvalue weighted by Crippen LogP contribution is -2.38. The maximum Gasteiger partial charge on any atom is 0.295 e. The van der Waals surface area contributed by atoms with E-state index < -0.39 is 17.7 Å². The van der Waals surface area contributed by atoms with Crippen LogP contribution < -0.4 is 0 Å². The molecule has 7 heteroatoms. The van der Waals surface area contributed by atoms with Crippen molar-refractivity contribution in [2.75, 3.05) is 26.2 Å². The van der Waals surface area contributed by atoms with E-state index in [4.69, 9.17) is 11.6 Å². The minimum Gasteiger partial charge on any atom is -0.507 e. The van der Waals surface area contributed by atoms with Gasteiger partial charge in [-0.25, -0.2) is 0 Å². The lowest BCUT2D eigenvalue weighted by molar-refractivity contribution is -0.140. The summed E-state index contributed by atoms with van der Waals surface area (Å²) in [6, 6.07) is 13.4. The zero-order chi connectivity index (χ0) is 21.8. The van der Waals surface area contributed by atoms with Gasteiger partial charge in [0.2, 0.25) is 0 Å². The van der Waals surface area contributed by atoms with Gasteiger partial charge in [0, 0.05) is 28.1 Å². The van der Waals surface area contributed by atoms with E-state index in [0.717, 1.165) is 23.1 Å². The van der Waals surface area contributed by atoms with Crippen LogP contribution >= 0.6 is 27.5 Å². The number of ketones is 1. The van der Waals surface area contributed by atoms with Crippen LogP contribution in [0.5, 0.6) is 0 Å². The Morgan fingerprint density at radius 2 is 1.67 bits per heavy atom. The summed E-state index contributed by atoms with van der Waals surface area (Å²) in [6.45, 7) is 6.87. The van der Waals surface area contributed by atoms with Crippen LogP contribution in [-0.2, 0) is 9.59 Å². The van der Waals surface area contributed by atoms with Gasteiger partial charge in [0.1, 0.15) is 5.76 Å². The highest BCUT2D eigenvalue weighted by Gasteiger charge is 2.45. The van der Waals surface area contributed by atoms with Crippen molar-refractivity contribution >= 4 is 45.0 Å². The molecule has 0 saturated carbocycles. The van der Waals surface area contributed by atoms with Gasteiger partial charge < -0.3 is 14.9 Å². The SMILES string of the molecule is CCN(CC)CCN1C(=O)C(=O)/C(=C(/O)c2ccc(Cl)cc2)[C@@H]1c1ccc(Br)cc1. The molecule has 0 spiro atoms. The van der Waals surface area contributed by atoms with Crippen molar-refractivity contribution in [2.45, 2.75) is 19.9 Å². The second-order valence-electron chi connectivity index (χ2n) is 7.08. The van der Waals surface area contributed by atoms with Crippen molar-refractivity contribution in [3.8, 4) is 0 Å². The number of carbonyl (C=O) groups is 2. The van der Waals surface area contributed by atoms with Crippen LogP contribution in [0.25, 0.3) is 5.76 Å². The number of benzene rings is 2. The first-order chi connectivity index (χ1) is 14.4. The summed E-state index contributed by atoms with van der Waals surface area (Å²) in [6.07, 6.45) is 0. The van der Waals surface area contributed by atoms with Crippen LogP contribution in [-0.4, -0.2) is 52.8 Å². The summed E-state index contributed by atoms with van der Waals surface area (Å²) in [4.78, 5) is 29.7. The zero-order valence-electron chi connectivity index (χ0n) is 16.9. The van der Waals surface area contributed by atoms with Crippen LogP contribution in [0.2, 0.25) is 5.02 Å². The van der Waals surface area contributed by atoms with Gasteiger partial charge in [0.15, 0.2) is 0 Å². The smallest absolute Gasteiger partial charge is 0.295 e. The molecule has 0 unspecified atom stereocenters. The number of rotatable bonds is 7. The molecule has 158 valence electrons. The second-order valence-corrected chi connectivity index (χ2v) is 8.43. The van der Waals surface area contributed by atoms with E-state index in [1.807, 2.05) is 24.3 Å². The Balaban J connectivity index is 2.08. The van der Waals surface area contributed by atoms with Gasteiger partial charge in [0.25, 0.3) is 11.7 Å². The standard InChI is InChI=1S/C23H24BrClN2O3/c1-3-26(4-2)13-14-27-20(15-5-9-17(24)10-6-15)19(22(29)23(27)30)21(28)16-7-11-18(25)12-8-16/h5-12,20,28H,3-4,13-14H2,1-2H3/b21-19+/t20-/m0/s1. The number of carbonyl (C=O) groups excluding carboxylic acids is 2. The van der Waals surface area contributed by atoms with Gasteiger partial charge >= 0.3 is 0 Å². The summed E-state index contributed by atoms with van der Waals surface area (Å²) < 4.78 is 0.893. The minimum absolute atomic E-state index is 0.101. The molecule has 0 bridgehead atoms. The number of likely N-dealkylation sites (tertiary alicyclic amines) is 1. The van der Waals surface area contributed by atoms with Crippen LogP contribution in [0, 0.1) is 0 Å². The van der Waals surface area contributed by atoms with Crippen molar-refractivity contribution in [1.82, 2.24) is 9.80 Å². The van der Waals surface area contributed by atoms with E-state index in [0.29, 0.717) is 23.7 Å². The molecule has 5 nitrogen and oxygen atoms in total. The van der Waals surface area contributed by atoms with Crippen molar-refractivity contribution in [1.29, 1.82) is 0 Å². The normalized spacial score (nSPS) is 18.4. The quantitative estimate of drug-likeness (QED) is 0.341. The van der Waals surface area contributed by atoms with E-state index in [2.05, 4.69) is 34.7 Å². The number of nitrogens with zero attached hydrogens (tertiary/aromatic N) is 2. The third-order valence-electron chi connectivity index (χ3n) is 5.39.